The van der Waals surface area contributed by atoms with Gasteiger partial charge in [0.1, 0.15) is 12.7 Å². The quantitative estimate of drug-likeness (QED) is 0.0197. The summed E-state index contributed by atoms with van der Waals surface area (Å²) in [7, 11) is -4.78. The first-order chi connectivity index (χ1) is 40.2. The van der Waals surface area contributed by atoms with Gasteiger partial charge in [-0.05, 0) is 141 Å². The molecule has 2 N–H and O–H groups in total. The number of ether oxygens (including phenoxy) is 3. The van der Waals surface area contributed by atoms with Gasteiger partial charge in [-0.2, -0.15) is 0 Å². The van der Waals surface area contributed by atoms with Crippen LogP contribution in [0.4, 0.5) is 0 Å². The van der Waals surface area contributed by atoms with Crippen LogP contribution in [0, 0.1) is 0 Å². The molecule has 0 aromatic heterocycles. The van der Waals surface area contributed by atoms with Crippen molar-refractivity contribution in [1.29, 1.82) is 0 Å². The molecule has 0 aliphatic heterocycles. The molecule has 0 spiro atoms. The lowest BCUT2D eigenvalue weighted by atomic mass is 10.1. The number of hydrogen-bond acceptors (Lipinski definition) is 10. The van der Waals surface area contributed by atoms with Crippen molar-refractivity contribution in [1.82, 2.24) is 0 Å². The Hall–Kier alpha value is -4.64. The van der Waals surface area contributed by atoms with Gasteiger partial charge in [0, 0.05) is 19.3 Å². The summed E-state index contributed by atoms with van der Waals surface area (Å²) in [5, 5.41) is 9.86. The first kappa shape index (κ1) is 77.4. The number of carbonyl (C=O) groups is 3. The first-order valence-corrected chi connectivity index (χ1v) is 33.2. The van der Waals surface area contributed by atoms with Crippen molar-refractivity contribution in [2.24, 2.45) is 0 Å². The van der Waals surface area contributed by atoms with E-state index in [4.69, 9.17) is 23.3 Å². The third-order valence-corrected chi connectivity index (χ3v) is 13.7. The van der Waals surface area contributed by atoms with Gasteiger partial charge in [0.2, 0.25) is 0 Å². The van der Waals surface area contributed by atoms with E-state index in [0.29, 0.717) is 19.3 Å². The number of esters is 3. The molecule has 12 heteroatoms. The van der Waals surface area contributed by atoms with Crippen molar-refractivity contribution in [3.63, 3.8) is 0 Å². The highest BCUT2D eigenvalue weighted by molar-refractivity contribution is 7.47. The summed E-state index contributed by atoms with van der Waals surface area (Å²) in [6.45, 7) is 4.31. The summed E-state index contributed by atoms with van der Waals surface area (Å²) in [5.74, 6) is -1.56. The van der Waals surface area contributed by atoms with Gasteiger partial charge in [-0.1, -0.05) is 224 Å². The highest BCUT2D eigenvalue weighted by atomic mass is 31.2. The van der Waals surface area contributed by atoms with Crippen LogP contribution in [0.3, 0.4) is 0 Å². The molecule has 464 valence electrons. The molecule has 0 aliphatic rings. The standard InChI is InChI=1S/C70H113O11P/c1-4-7-10-13-16-19-22-25-28-31-33-36-38-41-44-47-50-53-56-59-68(72)77-63-67(81-70(74)61-58-55-52-49-46-43-40-37-34-32-29-26-23-20-17-14-11-8-5-2)65-79-82(75,76)78-64-66(62-71)80-69(73)60-57-54-51-48-45-42-39-35-30-27-24-21-18-15-12-9-6-3/h7-8,10-11,16-21,25-30,33-34,36-37,41,43-44,46,66-67,71H,4-6,9,12-15,22-24,31-32,35,38-40,42,45,47-65H2,1-3H3,(H,75,76)/b10-7-,11-8-,19-16-,20-17-,21-18-,28-25-,29-26-,30-27-,36-33-,37-34-,44-41-,46-43-. The number of rotatable bonds is 57. The van der Waals surface area contributed by atoms with Crippen LogP contribution >= 0.6 is 7.82 Å². The first-order valence-electron chi connectivity index (χ1n) is 31.7. The predicted octanol–water partition coefficient (Wildman–Crippen LogP) is 19.5. The van der Waals surface area contributed by atoms with Crippen LogP contribution in [0.2, 0.25) is 0 Å². The van der Waals surface area contributed by atoms with Gasteiger partial charge < -0.3 is 24.2 Å². The Kier molecular flexibility index (Phi) is 58.9. The molecule has 3 atom stereocenters. The fourth-order valence-corrected chi connectivity index (χ4v) is 8.75. The molecule has 0 rings (SSSR count). The van der Waals surface area contributed by atoms with Crippen molar-refractivity contribution in [3.05, 3.63) is 146 Å². The molecule has 11 nitrogen and oxygen atoms in total. The molecule has 82 heavy (non-hydrogen) atoms. The van der Waals surface area contributed by atoms with Crippen LogP contribution in [0.1, 0.15) is 239 Å². The van der Waals surface area contributed by atoms with Crippen molar-refractivity contribution in [2.45, 2.75) is 251 Å². The van der Waals surface area contributed by atoms with E-state index in [1.54, 1.807) is 0 Å². The minimum absolute atomic E-state index is 0.112. The molecule has 0 amide bonds. The molecule has 0 radical (unpaired) electrons. The minimum Gasteiger partial charge on any atom is -0.462 e. The van der Waals surface area contributed by atoms with E-state index in [0.717, 1.165) is 141 Å². The molecular formula is C70H113O11P. The fourth-order valence-electron chi connectivity index (χ4n) is 7.97. The second kappa shape index (κ2) is 62.4. The molecule has 0 aromatic carbocycles. The van der Waals surface area contributed by atoms with Gasteiger partial charge in [-0.15, -0.1) is 0 Å². The second-order valence-corrected chi connectivity index (χ2v) is 21.9. The summed E-state index contributed by atoms with van der Waals surface area (Å²) < 4.78 is 39.6. The van der Waals surface area contributed by atoms with Crippen LogP contribution in [-0.2, 0) is 42.2 Å². The van der Waals surface area contributed by atoms with Crippen LogP contribution in [0.25, 0.3) is 0 Å². The molecule has 0 saturated heterocycles. The lowest BCUT2D eigenvalue weighted by Gasteiger charge is -2.21. The number of hydrogen-bond donors (Lipinski definition) is 2. The number of allylic oxidation sites excluding steroid dienone is 24. The van der Waals surface area contributed by atoms with E-state index in [9.17, 15) is 28.9 Å². The zero-order valence-corrected chi connectivity index (χ0v) is 52.3. The maximum Gasteiger partial charge on any atom is 0.472 e. The van der Waals surface area contributed by atoms with Crippen LogP contribution in [0.15, 0.2) is 146 Å². The second-order valence-electron chi connectivity index (χ2n) is 20.5. The van der Waals surface area contributed by atoms with E-state index in [-0.39, 0.29) is 25.9 Å². The van der Waals surface area contributed by atoms with Crippen LogP contribution in [-0.4, -0.2) is 66.5 Å². The number of aliphatic hydroxyl groups is 1. The molecule has 0 fully saturated rings. The Labute approximate surface area is 499 Å². The third kappa shape index (κ3) is 60.0. The highest BCUT2D eigenvalue weighted by Crippen LogP contribution is 2.43. The fraction of sp³-hybridized carbons (Fsp3) is 0.614. The van der Waals surface area contributed by atoms with Crippen molar-refractivity contribution >= 4 is 25.7 Å². The number of phosphoric ester groups is 1. The summed E-state index contributed by atoms with van der Waals surface area (Å²) in [5.41, 5.74) is 0. The van der Waals surface area contributed by atoms with Crippen molar-refractivity contribution in [3.8, 4) is 0 Å². The summed E-state index contributed by atoms with van der Waals surface area (Å²) >= 11 is 0. The molecule has 0 aliphatic carbocycles. The zero-order chi connectivity index (χ0) is 59.8. The van der Waals surface area contributed by atoms with Gasteiger partial charge in [0.05, 0.1) is 19.8 Å². The molecule has 0 aromatic rings. The van der Waals surface area contributed by atoms with E-state index in [1.807, 2.05) is 0 Å². The van der Waals surface area contributed by atoms with Crippen LogP contribution in [0.5, 0.6) is 0 Å². The predicted molar refractivity (Wildman–Crippen MR) is 343 cm³/mol. The van der Waals surface area contributed by atoms with Gasteiger partial charge >= 0.3 is 25.7 Å². The number of phosphoric acid groups is 1. The summed E-state index contributed by atoms with van der Waals surface area (Å²) in [4.78, 5) is 48.8. The Morgan fingerprint density at radius 1 is 0.354 bits per heavy atom. The number of aliphatic hydroxyl groups excluding tert-OH is 1. The minimum atomic E-state index is -4.78. The van der Waals surface area contributed by atoms with Crippen molar-refractivity contribution < 1.29 is 52.2 Å². The SMILES string of the molecule is CC/C=C\C/C=C\C/C=C\C/C=C\C/C=C\CCCCCC(=O)OCC(COP(=O)(O)OCC(CO)OC(=O)CCCCCCCCC/C=C\C/C=C\CCCCC)OC(=O)CCCCC/C=C\C/C=C\C/C=C\C/C=C\C/C=C\CC. The number of carbonyl (C=O) groups excluding carboxylic acids is 3. The van der Waals surface area contributed by atoms with E-state index in [1.165, 1.54) is 38.5 Å². The smallest absolute Gasteiger partial charge is 0.462 e. The average molecular weight is 1160 g/mol. The number of unbranched alkanes of at least 4 members (excludes halogenated alkanes) is 16. The maximum absolute atomic E-state index is 13.0. The zero-order valence-electron chi connectivity index (χ0n) is 51.4. The topological polar surface area (TPSA) is 155 Å². The molecule has 0 heterocycles. The van der Waals surface area contributed by atoms with Gasteiger partial charge in [0.15, 0.2) is 6.10 Å². The normalized spacial score (nSPS) is 14.3. The van der Waals surface area contributed by atoms with E-state index in [2.05, 4.69) is 167 Å². The Morgan fingerprint density at radius 3 is 0.988 bits per heavy atom. The average Bonchev–Trinajstić information content (AvgIpc) is 3.47. The maximum atomic E-state index is 13.0. The van der Waals surface area contributed by atoms with E-state index < -0.39 is 57.8 Å². The summed E-state index contributed by atoms with van der Waals surface area (Å²) in [6.07, 6.45) is 80.8. The van der Waals surface area contributed by atoms with Gasteiger partial charge in [-0.25, -0.2) is 4.57 Å². The summed E-state index contributed by atoms with van der Waals surface area (Å²) in [6, 6.07) is 0. The Bertz CT molecular complexity index is 1930. The van der Waals surface area contributed by atoms with Gasteiger partial charge in [-0.3, -0.25) is 23.4 Å². The van der Waals surface area contributed by atoms with Crippen LogP contribution < -0.4 is 0 Å². The Balaban J connectivity index is 4.85. The highest BCUT2D eigenvalue weighted by Gasteiger charge is 2.28. The molecular weight excluding hydrogens is 1050 g/mol. The van der Waals surface area contributed by atoms with Crippen molar-refractivity contribution in [2.75, 3.05) is 26.4 Å². The monoisotopic (exact) mass is 1160 g/mol. The van der Waals surface area contributed by atoms with Gasteiger partial charge in [0.25, 0.3) is 0 Å². The molecule has 0 saturated carbocycles. The lowest BCUT2D eigenvalue weighted by Crippen LogP contribution is -2.30. The van der Waals surface area contributed by atoms with E-state index >= 15 is 0 Å². The largest absolute Gasteiger partial charge is 0.472 e. The Morgan fingerprint density at radius 2 is 0.634 bits per heavy atom. The molecule has 0 bridgehead atoms. The third-order valence-electron chi connectivity index (χ3n) is 12.7. The lowest BCUT2D eigenvalue weighted by molar-refractivity contribution is -0.161. The molecule has 3 unspecified atom stereocenters.